The highest BCUT2D eigenvalue weighted by molar-refractivity contribution is 7.90. The molecule has 4 saturated heterocycles. The summed E-state index contributed by atoms with van der Waals surface area (Å²) in [7, 11) is -4.42. The first-order valence-electron chi connectivity index (χ1n) is 21.3. The van der Waals surface area contributed by atoms with Crippen molar-refractivity contribution < 1.29 is 46.7 Å². The quantitative estimate of drug-likeness (QED) is 0.0537. The van der Waals surface area contributed by atoms with Crippen molar-refractivity contribution in [1.82, 2.24) is 3.97 Å². The number of benzene rings is 5. The molecule has 10 rings (SSSR count). The number of hydrogen-bond acceptors (Lipinski definition) is 11. The Morgan fingerprint density at radius 3 is 1.84 bits per heavy atom. The summed E-state index contributed by atoms with van der Waals surface area (Å²) in [6.07, 6.45) is -5.91. The topological polar surface area (TPSA) is 173 Å². The SMILES string of the molecule is CC12COC([C@H](Cc3c([C@@H]4O[C@@H](COCc5ccccc5)[C@H](OCc5ccccc5)[C@@H](OCc5ccccc5)[C@H]4O)n(S(=O)(=O)c4ccccc4)c4ccccc34)N=[N+]=[N-])(OC1)OC2. The lowest BCUT2D eigenvalue weighted by atomic mass is 9.88. The van der Waals surface area contributed by atoms with Gasteiger partial charge in [0.1, 0.15) is 36.6 Å². The molecule has 332 valence electrons. The predicted octanol–water partition coefficient (Wildman–Crippen LogP) is 8.03. The van der Waals surface area contributed by atoms with E-state index in [1.165, 1.54) is 16.1 Å². The van der Waals surface area contributed by atoms with Crippen LogP contribution in [0.3, 0.4) is 0 Å². The Morgan fingerprint density at radius 2 is 1.27 bits per heavy atom. The Balaban J connectivity index is 1.20. The van der Waals surface area contributed by atoms with Crippen LogP contribution in [-0.2, 0) is 69.4 Å². The monoisotopic (exact) mass is 886 g/mol. The highest BCUT2D eigenvalue weighted by Crippen LogP contribution is 2.46. The Morgan fingerprint density at radius 1 is 0.750 bits per heavy atom. The highest BCUT2D eigenvalue weighted by Gasteiger charge is 2.56. The van der Waals surface area contributed by atoms with Crippen molar-refractivity contribution >= 4 is 20.9 Å². The zero-order chi connectivity index (χ0) is 44.2. The van der Waals surface area contributed by atoms with Gasteiger partial charge in [0.2, 0.25) is 0 Å². The molecule has 5 heterocycles. The summed E-state index contributed by atoms with van der Waals surface area (Å²) in [5.74, 6) is -1.75. The number of aliphatic hydroxyl groups is 1. The average molecular weight is 887 g/mol. The van der Waals surface area contributed by atoms with Gasteiger partial charge in [0.25, 0.3) is 16.0 Å². The van der Waals surface area contributed by atoms with Crippen molar-refractivity contribution in [2.75, 3.05) is 26.4 Å². The predicted molar refractivity (Wildman–Crippen MR) is 236 cm³/mol. The Kier molecular flexibility index (Phi) is 13.0. The van der Waals surface area contributed by atoms with Gasteiger partial charge in [-0.1, -0.05) is 139 Å². The maximum absolute atomic E-state index is 15.2. The van der Waals surface area contributed by atoms with Crippen LogP contribution in [0.1, 0.15) is 41.0 Å². The van der Waals surface area contributed by atoms with Gasteiger partial charge in [-0.2, -0.15) is 0 Å². The zero-order valence-corrected chi connectivity index (χ0v) is 36.1. The van der Waals surface area contributed by atoms with E-state index in [1.54, 1.807) is 42.5 Å². The average Bonchev–Trinajstić information content (AvgIpc) is 3.66. The van der Waals surface area contributed by atoms with Crippen LogP contribution in [0.25, 0.3) is 21.3 Å². The molecule has 4 fully saturated rings. The molecular weight excluding hydrogens is 837 g/mol. The van der Waals surface area contributed by atoms with E-state index in [1.807, 2.05) is 97.9 Å². The maximum Gasteiger partial charge on any atom is 0.292 e. The van der Waals surface area contributed by atoms with Gasteiger partial charge in [0, 0.05) is 15.7 Å². The second-order valence-electron chi connectivity index (χ2n) is 16.8. The third-order valence-corrected chi connectivity index (χ3v) is 13.8. The molecule has 14 nitrogen and oxygen atoms in total. The summed E-state index contributed by atoms with van der Waals surface area (Å²) in [5.41, 5.74) is 13.1. The molecule has 0 radical (unpaired) electrons. The number of aromatic nitrogens is 1. The van der Waals surface area contributed by atoms with Gasteiger partial charge >= 0.3 is 0 Å². The van der Waals surface area contributed by atoms with E-state index in [2.05, 4.69) is 10.0 Å². The lowest BCUT2D eigenvalue weighted by Gasteiger charge is -2.52. The van der Waals surface area contributed by atoms with Gasteiger partial charge < -0.3 is 38.3 Å². The molecule has 6 atom stereocenters. The zero-order valence-electron chi connectivity index (χ0n) is 35.3. The van der Waals surface area contributed by atoms with Gasteiger partial charge in [-0.05, 0) is 52.4 Å². The summed E-state index contributed by atoms with van der Waals surface area (Å²) < 4.78 is 77.1. The van der Waals surface area contributed by atoms with Crippen LogP contribution >= 0.6 is 0 Å². The third kappa shape index (κ3) is 8.97. The first-order valence-corrected chi connectivity index (χ1v) is 22.8. The first kappa shape index (κ1) is 43.8. The molecule has 4 aliphatic rings. The van der Waals surface area contributed by atoms with Crippen molar-refractivity contribution in [3.63, 3.8) is 0 Å². The van der Waals surface area contributed by atoms with Crippen molar-refractivity contribution in [2.24, 2.45) is 10.5 Å². The third-order valence-electron chi connectivity index (χ3n) is 12.0. The van der Waals surface area contributed by atoms with Crippen LogP contribution < -0.4 is 0 Å². The molecule has 0 unspecified atom stereocenters. The molecule has 64 heavy (non-hydrogen) atoms. The lowest BCUT2D eigenvalue weighted by Crippen LogP contribution is -2.63. The molecule has 0 saturated carbocycles. The minimum Gasteiger partial charge on any atom is -0.387 e. The molecule has 1 N–H and O–H groups in total. The standard InChI is InChI=1S/C49H50N4O10S/c1-48-31-60-49(61-32-48,62-33-48)42(51-52-50)26-39-38-24-14-15-25-40(38)53(64(55,56)37-22-12-5-13-23-37)43(39)46-44(54)47(59-29-36-20-10-4-11-21-36)45(58-28-35-18-8-3-9-19-35)41(63-46)30-57-27-34-16-6-2-7-17-34/h2-25,41-42,44-47,54H,26-33H2,1H3/t41-,42-,44-,45-,46-,47-,48?,49?/m0/s1. The highest BCUT2D eigenvalue weighted by atomic mass is 32.2. The van der Waals surface area contributed by atoms with Crippen molar-refractivity contribution in [1.29, 1.82) is 0 Å². The number of hydrogen-bond donors (Lipinski definition) is 1. The Bertz CT molecular complexity index is 2640. The number of ether oxygens (including phenoxy) is 7. The number of para-hydroxylation sites is 1. The van der Waals surface area contributed by atoms with E-state index in [0.29, 0.717) is 36.3 Å². The van der Waals surface area contributed by atoms with Crippen LogP contribution in [-0.4, -0.2) is 80.4 Å². The molecule has 0 aliphatic carbocycles. The molecule has 6 aromatic rings. The summed E-state index contributed by atoms with van der Waals surface area (Å²) in [6, 6.07) is 42.9. The van der Waals surface area contributed by atoms with Crippen LogP contribution in [0.5, 0.6) is 0 Å². The van der Waals surface area contributed by atoms with Crippen LogP contribution in [0.2, 0.25) is 0 Å². The van der Waals surface area contributed by atoms with Crippen molar-refractivity contribution in [2.45, 2.75) is 80.6 Å². The smallest absolute Gasteiger partial charge is 0.292 e. The Labute approximate surface area is 371 Å². The van der Waals surface area contributed by atoms with E-state index < -0.39 is 52.6 Å². The number of fused-ring (bicyclic) bond motifs is 4. The fourth-order valence-electron chi connectivity index (χ4n) is 8.69. The minimum absolute atomic E-state index is 0.0107. The molecule has 2 bridgehead atoms. The minimum atomic E-state index is -4.42. The van der Waals surface area contributed by atoms with Gasteiger partial charge in [-0.15, -0.1) is 0 Å². The van der Waals surface area contributed by atoms with Crippen molar-refractivity contribution in [3.8, 4) is 0 Å². The van der Waals surface area contributed by atoms with E-state index in [-0.39, 0.29) is 48.9 Å². The van der Waals surface area contributed by atoms with E-state index >= 15 is 8.42 Å². The second-order valence-corrected chi connectivity index (χ2v) is 18.6. The number of nitrogens with zero attached hydrogens (tertiary/aromatic N) is 4. The fourth-order valence-corrected chi connectivity index (χ4v) is 10.3. The Hall–Kier alpha value is -5.42. The summed E-state index contributed by atoms with van der Waals surface area (Å²) in [6.45, 7) is 3.36. The van der Waals surface area contributed by atoms with Crippen molar-refractivity contribution in [3.05, 3.63) is 184 Å². The molecule has 5 aromatic carbocycles. The molecule has 0 spiro atoms. The van der Waals surface area contributed by atoms with Gasteiger partial charge in [0.15, 0.2) is 0 Å². The lowest BCUT2D eigenvalue weighted by molar-refractivity contribution is -0.471. The molecular formula is C49H50N4O10S. The molecule has 1 aromatic heterocycles. The van der Waals surface area contributed by atoms with Crippen LogP contribution in [0, 0.1) is 5.41 Å². The van der Waals surface area contributed by atoms with E-state index in [0.717, 1.165) is 16.7 Å². The maximum atomic E-state index is 15.2. The fraction of sp³-hybridized carbons (Fsp3) is 0.347. The largest absolute Gasteiger partial charge is 0.387 e. The van der Waals surface area contributed by atoms with E-state index in [4.69, 9.17) is 33.2 Å². The number of aliphatic hydroxyl groups excluding tert-OH is 1. The number of azide groups is 1. The molecule has 15 heteroatoms. The normalized spacial score (nSPS) is 26.1. The summed E-state index contributed by atoms with van der Waals surface area (Å²) >= 11 is 0. The van der Waals surface area contributed by atoms with Gasteiger partial charge in [-0.3, -0.25) is 0 Å². The first-order chi connectivity index (χ1) is 31.2. The van der Waals surface area contributed by atoms with Crippen LogP contribution in [0.4, 0.5) is 0 Å². The summed E-state index contributed by atoms with van der Waals surface area (Å²) in [5, 5.41) is 17.6. The second kappa shape index (κ2) is 19.0. The molecule has 0 amide bonds. The molecule has 4 aliphatic heterocycles. The van der Waals surface area contributed by atoms with Crippen LogP contribution in [0.15, 0.2) is 156 Å². The van der Waals surface area contributed by atoms with Gasteiger partial charge in [-0.25, -0.2) is 12.4 Å². The van der Waals surface area contributed by atoms with Gasteiger partial charge in [0.05, 0.1) is 62.4 Å². The van der Waals surface area contributed by atoms with E-state index in [9.17, 15) is 10.6 Å². The summed E-state index contributed by atoms with van der Waals surface area (Å²) in [4.78, 5) is 3.20. The number of rotatable bonds is 17.